The van der Waals surface area contributed by atoms with Crippen LogP contribution in [0.15, 0.2) is 84.9 Å². The molecule has 0 amide bonds. The minimum Gasteiger partial charge on any atom is -0.507 e. The lowest BCUT2D eigenvalue weighted by Crippen LogP contribution is -1.92. The number of halogens is 1. The first-order chi connectivity index (χ1) is 10.8. The maximum absolute atomic E-state index is 10.2. The minimum atomic E-state index is 0.218. The van der Waals surface area contributed by atoms with E-state index in [1.54, 1.807) is 12.1 Å². The van der Waals surface area contributed by atoms with Crippen LogP contribution in [0.3, 0.4) is 0 Å². The Morgan fingerprint density at radius 1 is 0.636 bits per heavy atom. The lowest BCUT2D eigenvalue weighted by atomic mass is 9.95. The first kappa shape index (κ1) is 14.4. The van der Waals surface area contributed by atoms with Crippen molar-refractivity contribution in [3.63, 3.8) is 0 Å². The lowest BCUT2D eigenvalue weighted by Gasteiger charge is -2.13. The standard InChI is InChI=1S/C20H15ClO/c21-20(16-11-5-2-6-12-16)19(15-9-3-1-4-10-15)17-13-7-8-14-18(17)22/h1-14,22H. The van der Waals surface area contributed by atoms with Crippen LogP contribution in [-0.2, 0) is 0 Å². The fourth-order valence-electron chi connectivity index (χ4n) is 2.42. The van der Waals surface area contributed by atoms with Gasteiger partial charge >= 0.3 is 0 Å². The molecule has 0 saturated heterocycles. The van der Waals surface area contributed by atoms with E-state index >= 15 is 0 Å². The van der Waals surface area contributed by atoms with Gasteiger partial charge in [-0.1, -0.05) is 90.5 Å². The van der Waals surface area contributed by atoms with E-state index in [0.29, 0.717) is 5.03 Å². The van der Waals surface area contributed by atoms with Gasteiger partial charge in [0.05, 0.1) is 5.03 Å². The molecule has 0 bridgehead atoms. The molecule has 3 aromatic carbocycles. The van der Waals surface area contributed by atoms with E-state index in [9.17, 15) is 5.11 Å². The quantitative estimate of drug-likeness (QED) is 0.629. The number of hydrogen-bond donors (Lipinski definition) is 1. The monoisotopic (exact) mass is 306 g/mol. The molecule has 0 aliphatic heterocycles. The molecule has 1 N–H and O–H groups in total. The predicted octanol–water partition coefficient (Wildman–Crippen LogP) is 5.55. The first-order valence-electron chi connectivity index (χ1n) is 7.06. The summed E-state index contributed by atoms with van der Waals surface area (Å²) in [7, 11) is 0. The number of hydrogen-bond acceptors (Lipinski definition) is 1. The Hall–Kier alpha value is -2.51. The molecule has 0 saturated carbocycles. The molecular weight excluding hydrogens is 292 g/mol. The summed E-state index contributed by atoms with van der Waals surface area (Å²) in [5.41, 5.74) is 3.44. The first-order valence-corrected chi connectivity index (χ1v) is 7.44. The Kier molecular flexibility index (Phi) is 4.27. The zero-order valence-electron chi connectivity index (χ0n) is 11.9. The van der Waals surface area contributed by atoms with Crippen molar-refractivity contribution in [1.82, 2.24) is 0 Å². The second-order valence-corrected chi connectivity index (χ2v) is 5.32. The molecule has 22 heavy (non-hydrogen) atoms. The van der Waals surface area contributed by atoms with Crippen LogP contribution in [0.1, 0.15) is 16.7 Å². The molecule has 0 atom stereocenters. The third kappa shape index (κ3) is 2.90. The SMILES string of the molecule is Oc1ccccc1C(=C(Cl)c1ccccc1)c1ccccc1. The zero-order chi connectivity index (χ0) is 15.4. The number of aromatic hydroxyl groups is 1. The molecule has 0 spiro atoms. The lowest BCUT2D eigenvalue weighted by molar-refractivity contribution is 0.473. The number of phenols is 1. The normalized spacial score (nSPS) is 11.9. The van der Waals surface area contributed by atoms with Gasteiger partial charge in [-0.3, -0.25) is 0 Å². The van der Waals surface area contributed by atoms with Crippen molar-refractivity contribution in [3.8, 4) is 5.75 Å². The van der Waals surface area contributed by atoms with Gasteiger partial charge in [0.25, 0.3) is 0 Å². The van der Waals surface area contributed by atoms with Gasteiger partial charge in [0.15, 0.2) is 0 Å². The molecule has 1 nitrogen and oxygen atoms in total. The maximum Gasteiger partial charge on any atom is 0.123 e. The number of benzene rings is 3. The summed E-state index contributed by atoms with van der Waals surface area (Å²) in [5, 5.41) is 10.9. The van der Waals surface area contributed by atoms with Crippen LogP contribution in [0, 0.1) is 0 Å². The molecule has 3 rings (SSSR count). The predicted molar refractivity (Wildman–Crippen MR) is 92.8 cm³/mol. The van der Waals surface area contributed by atoms with Crippen molar-refractivity contribution in [2.24, 2.45) is 0 Å². The Balaban J connectivity index is 2.27. The maximum atomic E-state index is 10.2. The largest absolute Gasteiger partial charge is 0.507 e. The van der Waals surface area contributed by atoms with E-state index < -0.39 is 0 Å². The second kappa shape index (κ2) is 6.50. The molecule has 0 aliphatic carbocycles. The average molecular weight is 307 g/mol. The van der Waals surface area contributed by atoms with Crippen molar-refractivity contribution in [2.75, 3.05) is 0 Å². The van der Waals surface area contributed by atoms with Gasteiger partial charge in [-0.2, -0.15) is 0 Å². The summed E-state index contributed by atoms with van der Waals surface area (Å²) in [5.74, 6) is 0.218. The Labute approximate surface area is 135 Å². The van der Waals surface area contributed by atoms with E-state index in [2.05, 4.69) is 0 Å². The van der Waals surface area contributed by atoms with E-state index in [-0.39, 0.29) is 5.75 Å². The van der Waals surface area contributed by atoms with Crippen molar-refractivity contribution in [1.29, 1.82) is 0 Å². The number of para-hydroxylation sites is 1. The minimum absolute atomic E-state index is 0.218. The van der Waals surface area contributed by atoms with Gasteiger partial charge < -0.3 is 5.11 Å². The van der Waals surface area contributed by atoms with Gasteiger partial charge in [-0.05, 0) is 17.2 Å². The van der Waals surface area contributed by atoms with Crippen molar-refractivity contribution in [3.05, 3.63) is 102 Å². The molecule has 3 aromatic rings. The van der Waals surface area contributed by atoms with Gasteiger partial charge in [-0.15, -0.1) is 0 Å². The number of rotatable bonds is 3. The Bertz CT molecular complexity index is 792. The smallest absolute Gasteiger partial charge is 0.123 e. The van der Waals surface area contributed by atoms with Crippen LogP contribution >= 0.6 is 11.6 Å². The third-order valence-corrected chi connectivity index (χ3v) is 3.89. The average Bonchev–Trinajstić information content (AvgIpc) is 2.58. The topological polar surface area (TPSA) is 20.2 Å². The van der Waals surface area contributed by atoms with Crippen LogP contribution < -0.4 is 0 Å². The highest BCUT2D eigenvalue weighted by atomic mass is 35.5. The highest BCUT2D eigenvalue weighted by Gasteiger charge is 2.14. The summed E-state index contributed by atoms with van der Waals surface area (Å²) >= 11 is 6.68. The molecule has 0 heterocycles. The molecule has 0 fully saturated rings. The third-order valence-electron chi connectivity index (χ3n) is 3.48. The van der Waals surface area contributed by atoms with Crippen LogP contribution in [0.4, 0.5) is 0 Å². The molecule has 0 aromatic heterocycles. The fourth-order valence-corrected chi connectivity index (χ4v) is 2.76. The van der Waals surface area contributed by atoms with Gasteiger partial charge in [-0.25, -0.2) is 0 Å². The summed E-state index contributed by atoms with van der Waals surface area (Å²) in [4.78, 5) is 0. The van der Waals surface area contributed by atoms with E-state index in [0.717, 1.165) is 22.3 Å². The van der Waals surface area contributed by atoms with Gasteiger partial charge in [0, 0.05) is 11.1 Å². The Morgan fingerprint density at radius 2 is 1.14 bits per heavy atom. The van der Waals surface area contributed by atoms with Crippen LogP contribution in [-0.4, -0.2) is 5.11 Å². The van der Waals surface area contributed by atoms with Crippen LogP contribution in [0.25, 0.3) is 10.6 Å². The summed E-state index contributed by atoms with van der Waals surface area (Å²) < 4.78 is 0. The van der Waals surface area contributed by atoms with Crippen molar-refractivity contribution in [2.45, 2.75) is 0 Å². The molecule has 0 unspecified atom stereocenters. The summed E-state index contributed by atoms with van der Waals surface area (Å²) in [6, 6.07) is 26.9. The van der Waals surface area contributed by atoms with Crippen LogP contribution in [0.5, 0.6) is 5.75 Å². The molecular formula is C20H15ClO. The van der Waals surface area contributed by atoms with Gasteiger partial charge in [0.1, 0.15) is 5.75 Å². The van der Waals surface area contributed by atoms with Crippen LogP contribution in [0.2, 0.25) is 0 Å². The zero-order valence-corrected chi connectivity index (χ0v) is 12.7. The summed E-state index contributed by atoms with van der Waals surface area (Å²) in [6.07, 6.45) is 0. The van der Waals surface area contributed by atoms with E-state index in [4.69, 9.17) is 11.6 Å². The van der Waals surface area contributed by atoms with E-state index in [1.807, 2.05) is 72.8 Å². The fraction of sp³-hybridized carbons (Fsp3) is 0. The van der Waals surface area contributed by atoms with Crippen molar-refractivity contribution >= 4 is 22.2 Å². The molecule has 108 valence electrons. The number of phenolic OH excluding ortho intramolecular Hbond substituents is 1. The van der Waals surface area contributed by atoms with E-state index in [1.165, 1.54) is 0 Å². The summed E-state index contributed by atoms with van der Waals surface area (Å²) in [6.45, 7) is 0. The Morgan fingerprint density at radius 3 is 1.73 bits per heavy atom. The highest BCUT2D eigenvalue weighted by molar-refractivity contribution is 6.53. The van der Waals surface area contributed by atoms with Crippen molar-refractivity contribution < 1.29 is 5.11 Å². The highest BCUT2D eigenvalue weighted by Crippen LogP contribution is 2.38. The molecule has 0 aliphatic rings. The van der Waals surface area contributed by atoms with Gasteiger partial charge in [0.2, 0.25) is 0 Å². The molecule has 2 heteroatoms. The second-order valence-electron chi connectivity index (χ2n) is 4.94. The molecule has 0 radical (unpaired) electrons.